The van der Waals surface area contributed by atoms with Crippen LogP contribution in [-0.4, -0.2) is 18.8 Å². The largest absolute Gasteiger partial charge is 0.494 e. The molecule has 1 N–H and O–H groups in total. The zero-order chi connectivity index (χ0) is 13.0. The second kappa shape index (κ2) is 5.98. The van der Waals surface area contributed by atoms with E-state index in [4.69, 9.17) is 4.74 Å². The summed E-state index contributed by atoms with van der Waals surface area (Å²) >= 11 is 1.64. The Labute approximate surface area is 110 Å². The van der Waals surface area contributed by atoms with E-state index in [-0.39, 0.29) is 24.1 Å². The van der Waals surface area contributed by atoms with Crippen molar-refractivity contribution in [3.63, 3.8) is 0 Å². The van der Waals surface area contributed by atoms with Crippen LogP contribution in [0.2, 0.25) is 0 Å². The molecule has 0 saturated carbocycles. The van der Waals surface area contributed by atoms with Gasteiger partial charge in [-0.25, -0.2) is 4.39 Å². The predicted molar refractivity (Wildman–Crippen MR) is 70.8 cm³/mol. The quantitative estimate of drug-likeness (QED) is 0.900. The predicted octanol–water partition coefficient (Wildman–Crippen LogP) is 3.21. The molecule has 0 bridgehead atoms. The van der Waals surface area contributed by atoms with Gasteiger partial charge in [-0.15, -0.1) is 11.3 Å². The zero-order valence-corrected chi connectivity index (χ0v) is 10.9. The second-order valence-electron chi connectivity index (χ2n) is 4.06. The summed E-state index contributed by atoms with van der Waals surface area (Å²) in [6.07, 6.45) is 0.722. The average molecular weight is 266 g/mol. The summed E-state index contributed by atoms with van der Waals surface area (Å²) in [5, 5.41) is 11.4. The Hall–Kier alpha value is -1.39. The van der Waals surface area contributed by atoms with E-state index in [1.165, 1.54) is 18.1 Å². The first-order valence-electron chi connectivity index (χ1n) is 5.71. The summed E-state index contributed by atoms with van der Waals surface area (Å²) in [7, 11) is 1.44. The Morgan fingerprint density at radius 1 is 1.39 bits per heavy atom. The molecule has 2 nitrogen and oxygen atoms in total. The molecule has 0 amide bonds. The van der Waals surface area contributed by atoms with Crippen molar-refractivity contribution in [1.29, 1.82) is 0 Å². The molecule has 96 valence electrons. The van der Waals surface area contributed by atoms with Crippen LogP contribution in [0, 0.1) is 5.82 Å². The maximum absolute atomic E-state index is 13.6. The molecule has 0 radical (unpaired) electrons. The van der Waals surface area contributed by atoms with Gasteiger partial charge in [0.25, 0.3) is 0 Å². The normalized spacial score (nSPS) is 12.4. The number of hydrogen-bond acceptors (Lipinski definition) is 3. The highest BCUT2D eigenvalue weighted by molar-refractivity contribution is 7.09. The van der Waals surface area contributed by atoms with Gasteiger partial charge in [-0.1, -0.05) is 12.1 Å². The van der Waals surface area contributed by atoms with Crippen LogP contribution in [0.1, 0.15) is 16.4 Å². The van der Waals surface area contributed by atoms with E-state index in [9.17, 15) is 9.50 Å². The fourth-order valence-electron chi connectivity index (χ4n) is 1.90. The van der Waals surface area contributed by atoms with Crippen LogP contribution in [-0.2, 0) is 6.42 Å². The number of methoxy groups -OCH3 is 1. The van der Waals surface area contributed by atoms with Crippen molar-refractivity contribution in [3.05, 3.63) is 52.0 Å². The standard InChI is InChI=1S/C14H15FO2S/c1-17-14-5-4-10(8-13(14)15)11(9-16)7-12-3-2-6-18-12/h2-6,8,11,16H,7,9H2,1H3. The molecule has 2 aromatic rings. The molecular weight excluding hydrogens is 251 g/mol. The van der Waals surface area contributed by atoms with Crippen LogP contribution in [0.4, 0.5) is 4.39 Å². The van der Waals surface area contributed by atoms with Crippen LogP contribution in [0.15, 0.2) is 35.7 Å². The van der Waals surface area contributed by atoms with Gasteiger partial charge in [-0.05, 0) is 35.6 Å². The summed E-state index contributed by atoms with van der Waals surface area (Å²) in [5.41, 5.74) is 0.796. The number of ether oxygens (including phenoxy) is 1. The van der Waals surface area contributed by atoms with Crippen molar-refractivity contribution in [1.82, 2.24) is 0 Å². The fourth-order valence-corrected chi connectivity index (χ4v) is 2.68. The molecule has 1 unspecified atom stereocenters. The Kier molecular flexibility index (Phi) is 4.33. The lowest BCUT2D eigenvalue weighted by atomic mass is 9.95. The maximum Gasteiger partial charge on any atom is 0.165 e. The molecule has 1 aromatic heterocycles. The first-order valence-corrected chi connectivity index (χ1v) is 6.59. The lowest BCUT2D eigenvalue weighted by Gasteiger charge is -2.14. The Morgan fingerprint density at radius 2 is 2.22 bits per heavy atom. The van der Waals surface area contributed by atoms with Crippen LogP contribution in [0.25, 0.3) is 0 Å². The minimum atomic E-state index is -0.389. The minimum absolute atomic E-state index is 0.00364. The monoisotopic (exact) mass is 266 g/mol. The van der Waals surface area contributed by atoms with Crippen LogP contribution in [0.5, 0.6) is 5.75 Å². The number of thiophene rings is 1. The minimum Gasteiger partial charge on any atom is -0.494 e. The Morgan fingerprint density at radius 3 is 2.78 bits per heavy atom. The van der Waals surface area contributed by atoms with E-state index >= 15 is 0 Å². The number of aliphatic hydroxyl groups is 1. The van der Waals surface area contributed by atoms with Crippen LogP contribution in [0.3, 0.4) is 0 Å². The van der Waals surface area contributed by atoms with Crippen molar-refractivity contribution in [2.45, 2.75) is 12.3 Å². The lowest BCUT2D eigenvalue weighted by molar-refractivity contribution is 0.264. The molecule has 0 aliphatic carbocycles. The third-order valence-electron chi connectivity index (χ3n) is 2.90. The summed E-state index contributed by atoms with van der Waals surface area (Å²) in [4.78, 5) is 1.19. The highest BCUT2D eigenvalue weighted by Crippen LogP contribution is 2.26. The van der Waals surface area contributed by atoms with Crippen molar-refractivity contribution in [3.8, 4) is 5.75 Å². The smallest absolute Gasteiger partial charge is 0.165 e. The number of rotatable bonds is 5. The van der Waals surface area contributed by atoms with Gasteiger partial charge in [-0.3, -0.25) is 0 Å². The topological polar surface area (TPSA) is 29.5 Å². The molecule has 18 heavy (non-hydrogen) atoms. The van der Waals surface area contributed by atoms with Crippen molar-refractivity contribution < 1.29 is 14.2 Å². The summed E-state index contributed by atoms with van der Waals surface area (Å²) in [6, 6.07) is 8.84. The Bertz CT molecular complexity index is 497. The zero-order valence-electron chi connectivity index (χ0n) is 10.1. The molecule has 1 atom stereocenters. The van der Waals surface area contributed by atoms with Gasteiger partial charge in [0.05, 0.1) is 13.7 Å². The molecule has 2 rings (SSSR count). The van der Waals surface area contributed by atoms with Gasteiger partial charge in [0.15, 0.2) is 11.6 Å². The molecule has 4 heteroatoms. The second-order valence-corrected chi connectivity index (χ2v) is 5.09. The third-order valence-corrected chi connectivity index (χ3v) is 3.79. The molecule has 1 aromatic carbocycles. The molecule has 0 aliphatic rings. The fraction of sp³-hybridized carbons (Fsp3) is 0.286. The number of halogens is 1. The van der Waals surface area contributed by atoms with E-state index in [2.05, 4.69) is 0 Å². The van der Waals surface area contributed by atoms with E-state index in [1.807, 2.05) is 17.5 Å². The summed E-state index contributed by atoms with van der Waals surface area (Å²) in [6.45, 7) is 0.00364. The van der Waals surface area contributed by atoms with E-state index in [0.717, 1.165) is 12.0 Å². The average Bonchev–Trinajstić information content (AvgIpc) is 2.88. The number of benzene rings is 1. The van der Waals surface area contributed by atoms with Gasteiger partial charge < -0.3 is 9.84 Å². The van der Waals surface area contributed by atoms with Gasteiger partial charge in [-0.2, -0.15) is 0 Å². The summed E-state index contributed by atoms with van der Waals surface area (Å²) < 4.78 is 18.5. The van der Waals surface area contributed by atoms with Gasteiger partial charge in [0, 0.05) is 10.8 Å². The van der Waals surface area contributed by atoms with Crippen molar-refractivity contribution in [2.24, 2.45) is 0 Å². The van der Waals surface area contributed by atoms with Gasteiger partial charge >= 0.3 is 0 Å². The van der Waals surface area contributed by atoms with Crippen molar-refractivity contribution >= 4 is 11.3 Å². The van der Waals surface area contributed by atoms with E-state index in [1.54, 1.807) is 23.5 Å². The summed E-state index contributed by atoms with van der Waals surface area (Å²) in [5.74, 6) is -0.241. The van der Waals surface area contributed by atoms with E-state index in [0.29, 0.717) is 0 Å². The van der Waals surface area contributed by atoms with Gasteiger partial charge in [0.2, 0.25) is 0 Å². The molecule has 0 fully saturated rings. The molecule has 0 saturated heterocycles. The number of aliphatic hydroxyl groups excluding tert-OH is 1. The van der Waals surface area contributed by atoms with Crippen LogP contribution < -0.4 is 4.74 Å². The Balaban J connectivity index is 2.19. The van der Waals surface area contributed by atoms with E-state index < -0.39 is 0 Å². The molecule has 0 spiro atoms. The highest BCUT2D eigenvalue weighted by atomic mass is 32.1. The lowest BCUT2D eigenvalue weighted by Crippen LogP contribution is -2.07. The molecule has 0 aliphatic heterocycles. The number of hydrogen-bond donors (Lipinski definition) is 1. The molecular formula is C14H15FO2S. The first kappa shape index (κ1) is 13.1. The maximum atomic E-state index is 13.6. The molecule has 1 heterocycles. The SMILES string of the molecule is COc1ccc(C(CO)Cc2cccs2)cc1F. The third kappa shape index (κ3) is 2.89. The first-order chi connectivity index (χ1) is 8.74. The van der Waals surface area contributed by atoms with Crippen molar-refractivity contribution in [2.75, 3.05) is 13.7 Å². The highest BCUT2D eigenvalue weighted by Gasteiger charge is 2.14. The van der Waals surface area contributed by atoms with Crippen LogP contribution >= 0.6 is 11.3 Å². The van der Waals surface area contributed by atoms with Gasteiger partial charge in [0.1, 0.15) is 0 Å².